The summed E-state index contributed by atoms with van der Waals surface area (Å²) >= 11 is 2.75. The van der Waals surface area contributed by atoms with Crippen LogP contribution in [0.1, 0.15) is 5.69 Å². The molecule has 0 atom stereocenters. The van der Waals surface area contributed by atoms with Crippen LogP contribution in [0.2, 0.25) is 0 Å². The molecule has 0 saturated carbocycles. The van der Waals surface area contributed by atoms with Gasteiger partial charge in [0.25, 0.3) is 0 Å². The van der Waals surface area contributed by atoms with Crippen molar-refractivity contribution in [2.24, 2.45) is 0 Å². The number of benzene rings is 1. The lowest BCUT2D eigenvalue weighted by Crippen LogP contribution is -2.14. The number of nitrogens with one attached hydrogen (secondary N) is 1. The Hall–Kier alpha value is -2.52. The number of aromatic nitrogens is 3. The van der Waals surface area contributed by atoms with Crippen molar-refractivity contribution in [3.8, 4) is 22.1 Å². The van der Waals surface area contributed by atoms with Crippen LogP contribution in [0.3, 0.4) is 0 Å². The van der Waals surface area contributed by atoms with Crippen molar-refractivity contribution < 1.29 is 14.3 Å². The fourth-order valence-electron chi connectivity index (χ4n) is 2.05. The van der Waals surface area contributed by atoms with Crippen molar-refractivity contribution in [3.05, 3.63) is 34.8 Å². The molecule has 0 fully saturated rings. The molecule has 0 aliphatic carbocycles. The third-order valence-corrected chi connectivity index (χ3v) is 4.68. The van der Waals surface area contributed by atoms with Crippen LogP contribution in [0.25, 0.3) is 10.6 Å². The van der Waals surface area contributed by atoms with Gasteiger partial charge >= 0.3 is 0 Å². The van der Waals surface area contributed by atoms with E-state index in [4.69, 9.17) is 9.47 Å². The molecule has 2 heterocycles. The smallest absolute Gasteiger partial charge is 0.232 e. The van der Waals surface area contributed by atoms with Gasteiger partial charge in [0.05, 0.1) is 26.3 Å². The minimum absolute atomic E-state index is 0.170. The third-order valence-electron chi connectivity index (χ3n) is 3.13. The minimum atomic E-state index is -0.170. The normalized spacial score (nSPS) is 10.4. The van der Waals surface area contributed by atoms with E-state index < -0.39 is 0 Å². The number of rotatable bonds is 6. The maximum Gasteiger partial charge on any atom is 0.232 e. The van der Waals surface area contributed by atoms with Crippen molar-refractivity contribution in [3.63, 3.8) is 0 Å². The molecule has 0 bridgehead atoms. The van der Waals surface area contributed by atoms with Crippen LogP contribution >= 0.6 is 22.7 Å². The van der Waals surface area contributed by atoms with Crippen LogP contribution in [0.4, 0.5) is 5.13 Å². The van der Waals surface area contributed by atoms with Crippen molar-refractivity contribution in [1.29, 1.82) is 0 Å². The molecule has 0 saturated heterocycles. The van der Waals surface area contributed by atoms with Gasteiger partial charge in [-0.25, -0.2) is 4.98 Å². The maximum absolute atomic E-state index is 12.0. The summed E-state index contributed by atoms with van der Waals surface area (Å²) in [5, 5.41) is 13.3. The van der Waals surface area contributed by atoms with E-state index in [1.165, 1.54) is 22.7 Å². The lowest BCUT2D eigenvalue weighted by atomic mass is 10.2. The zero-order chi connectivity index (χ0) is 16.9. The summed E-state index contributed by atoms with van der Waals surface area (Å²) in [6, 6.07) is 5.60. The fourth-order valence-corrected chi connectivity index (χ4v) is 3.32. The van der Waals surface area contributed by atoms with Gasteiger partial charge in [-0.3, -0.25) is 4.79 Å². The van der Waals surface area contributed by atoms with E-state index in [1.807, 2.05) is 23.6 Å². The van der Waals surface area contributed by atoms with Crippen LogP contribution in [-0.2, 0) is 11.2 Å². The molecular weight excluding hydrogens is 348 g/mol. The molecule has 124 valence electrons. The van der Waals surface area contributed by atoms with Crippen molar-refractivity contribution >= 4 is 33.7 Å². The predicted octanol–water partition coefficient (Wildman–Crippen LogP) is 2.86. The van der Waals surface area contributed by atoms with E-state index in [-0.39, 0.29) is 12.3 Å². The Morgan fingerprint density at radius 1 is 1.21 bits per heavy atom. The fraction of sp³-hybridized carbons (Fsp3) is 0.200. The molecule has 1 aromatic carbocycles. The van der Waals surface area contributed by atoms with E-state index in [1.54, 1.807) is 19.7 Å². The highest BCUT2D eigenvalue weighted by Crippen LogP contribution is 2.33. The molecule has 0 radical (unpaired) electrons. The Morgan fingerprint density at radius 2 is 2.04 bits per heavy atom. The van der Waals surface area contributed by atoms with Gasteiger partial charge < -0.3 is 14.8 Å². The molecule has 1 amide bonds. The molecule has 1 N–H and O–H groups in total. The average molecular weight is 362 g/mol. The zero-order valence-electron chi connectivity index (χ0n) is 13.0. The summed E-state index contributed by atoms with van der Waals surface area (Å²) < 4.78 is 10.5. The summed E-state index contributed by atoms with van der Waals surface area (Å²) in [6.07, 6.45) is 0.184. The van der Waals surface area contributed by atoms with Gasteiger partial charge in [-0.15, -0.1) is 21.5 Å². The molecular formula is C15H14N4O3S2. The van der Waals surface area contributed by atoms with Crippen LogP contribution in [0.15, 0.2) is 29.1 Å². The number of amides is 1. The summed E-state index contributed by atoms with van der Waals surface area (Å²) in [4.78, 5) is 16.5. The lowest BCUT2D eigenvalue weighted by Gasteiger charge is -2.08. The molecule has 3 rings (SSSR count). The largest absolute Gasteiger partial charge is 0.493 e. The van der Waals surface area contributed by atoms with Gasteiger partial charge in [0.1, 0.15) is 10.5 Å². The Morgan fingerprint density at radius 3 is 2.75 bits per heavy atom. The second-order valence-corrected chi connectivity index (χ2v) is 6.37. The lowest BCUT2D eigenvalue weighted by molar-refractivity contribution is -0.115. The first-order chi connectivity index (χ1) is 11.7. The van der Waals surface area contributed by atoms with Gasteiger partial charge in [0, 0.05) is 10.9 Å². The highest BCUT2D eigenvalue weighted by Gasteiger charge is 2.12. The van der Waals surface area contributed by atoms with Gasteiger partial charge in [0.15, 0.2) is 11.5 Å². The number of carbonyl (C=O) groups excluding carboxylic acids is 1. The summed E-state index contributed by atoms with van der Waals surface area (Å²) in [6.45, 7) is 0. The quantitative estimate of drug-likeness (QED) is 0.726. The number of carbonyl (C=O) groups is 1. The number of hydrogen-bond donors (Lipinski definition) is 1. The van der Waals surface area contributed by atoms with E-state index >= 15 is 0 Å². The van der Waals surface area contributed by atoms with Crippen LogP contribution in [0.5, 0.6) is 11.5 Å². The predicted molar refractivity (Wildman–Crippen MR) is 92.9 cm³/mol. The highest BCUT2D eigenvalue weighted by molar-refractivity contribution is 7.13. The summed E-state index contributed by atoms with van der Waals surface area (Å²) in [5.41, 5.74) is 3.17. The third kappa shape index (κ3) is 3.69. The van der Waals surface area contributed by atoms with Crippen molar-refractivity contribution in [1.82, 2.24) is 15.2 Å². The molecule has 24 heavy (non-hydrogen) atoms. The van der Waals surface area contributed by atoms with Gasteiger partial charge in [-0.2, -0.15) is 0 Å². The van der Waals surface area contributed by atoms with E-state index in [0.717, 1.165) is 10.6 Å². The summed E-state index contributed by atoms with van der Waals surface area (Å²) in [7, 11) is 3.18. The maximum atomic E-state index is 12.0. The Kier molecular flexibility index (Phi) is 5.02. The molecule has 0 aliphatic rings. The van der Waals surface area contributed by atoms with Crippen molar-refractivity contribution in [2.45, 2.75) is 6.42 Å². The number of hydrogen-bond acceptors (Lipinski definition) is 8. The SMILES string of the molecule is COc1ccc(-c2nc(CC(=O)Nc3nncs3)cs2)cc1OC. The number of thiazole rings is 1. The van der Waals surface area contributed by atoms with E-state index in [0.29, 0.717) is 22.3 Å². The second kappa shape index (κ2) is 7.37. The monoisotopic (exact) mass is 362 g/mol. The Balaban J connectivity index is 1.72. The Bertz CT molecular complexity index is 833. The standard InChI is InChI=1S/C15H14N4O3S2/c1-21-11-4-3-9(5-12(11)22-2)14-17-10(7-23-14)6-13(20)18-15-19-16-8-24-15/h3-5,7-8H,6H2,1-2H3,(H,18,19,20). The van der Waals surface area contributed by atoms with Crippen molar-refractivity contribution in [2.75, 3.05) is 19.5 Å². The summed E-state index contributed by atoms with van der Waals surface area (Å²) in [5.74, 6) is 1.13. The first-order valence-corrected chi connectivity index (χ1v) is 8.68. The Labute approximate surface area is 146 Å². The minimum Gasteiger partial charge on any atom is -0.493 e. The van der Waals surface area contributed by atoms with Gasteiger partial charge in [0.2, 0.25) is 11.0 Å². The first kappa shape index (κ1) is 16.3. The topological polar surface area (TPSA) is 86.2 Å². The first-order valence-electron chi connectivity index (χ1n) is 6.92. The molecule has 9 heteroatoms. The number of anilines is 1. The van der Waals surface area contributed by atoms with Crippen LogP contribution in [0, 0.1) is 0 Å². The van der Waals surface area contributed by atoms with Gasteiger partial charge in [-0.1, -0.05) is 11.3 Å². The number of methoxy groups -OCH3 is 2. The molecule has 7 nitrogen and oxygen atoms in total. The average Bonchev–Trinajstić information content (AvgIpc) is 3.26. The number of nitrogens with zero attached hydrogens (tertiary/aromatic N) is 3. The van der Waals surface area contributed by atoms with Gasteiger partial charge in [-0.05, 0) is 18.2 Å². The van der Waals surface area contributed by atoms with E-state index in [9.17, 15) is 4.79 Å². The van der Waals surface area contributed by atoms with Crippen LogP contribution in [-0.4, -0.2) is 35.3 Å². The molecule has 0 aliphatic heterocycles. The molecule has 0 spiro atoms. The molecule has 0 unspecified atom stereocenters. The molecule has 2 aromatic heterocycles. The number of ether oxygens (including phenoxy) is 2. The second-order valence-electron chi connectivity index (χ2n) is 4.68. The molecule has 3 aromatic rings. The van der Waals surface area contributed by atoms with E-state index in [2.05, 4.69) is 20.5 Å². The zero-order valence-corrected chi connectivity index (χ0v) is 14.6. The highest BCUT2D eigenvalue weighted by atomic mass is 32.1. The van der Waals surface area contributed by atoms with Crippen LogP contribution < -0.4 is 14.8 Å².